The third-order valence-electron chi connectivity index (χ3n) is 2.89. The van der Waals surface area contributed by atoms with Gasteiger partial charge in [-0.3, -0.25) is 0 Å². The van der Waals surface area contributed by atoms with Gasteiger partial charge < -0.3 is 10.1 Å². The second-order valence-electron chi connectivity index (χ2n) is 4.23. The van der Waals surface area contributed by atoms with E-state index in [-0.39, 0.29) is 0 Å². The molecular formula is C12H25NO. The minimum absolute atomic E-state index is 0.594. The Hall–Kier alpha value is -0.0800. The van der Waals surface area contributed by atoms with Gasteiger partial charge in [0.1, 0.15) is 0 Å². The molecule has 1 saturated carbocycles. The highest BCUT2D eigenvalue weighted by molar-refractivity contribution is 4.69. The normalized spacial score (nSPS) is 16.9. The van der Waals surface area contributed by atoms with Gasteiger partial charge in [0.25, 0.3) is 0 Å². The van der Waals surface area contributed by atoms with Crippen molar-refractivity contribution in [1.29, 1.82) is 0 Å². The standard InChI is InChI=1S/C12H25NO/c1-2-3-4-5-9-13-10-11-14-12-7-6-8-12/h12-13H,2-11H2,1H3. The van der Waals surface area contributed by atoms with Crippen LogP contribution in [0.1, 0.15) is 51.9 Å². The number of unbranched alkanes of at least 4 members (excludes halogenated alkanes) is 3. The predicted octanol–water partition coefficient (Wildman–Crippen LogP) is 2.73. The summed E-state index contributed by atoms with van der Waals surface area (Å²) in [5, 5.41) is 3.42. The molecule has 0 aromatic rings. The quantitative estimate of drug-likeness (QED) is 0.576. The maximum atomic E-state index is 5.64. The van der Waals surface area contributed by atoms with Gasteiger partial charge in [0.15, 0.2) is 0 Å². The summed E-state index contributed by atoms with van der Waals surface area (Å²) in [5.41, 5.74) is 0. The highest BCUT2D eigenvalue weighted by Crippen LogP contribution is 2.21. The second-order valence-corrected chi connectivity index (χ2v) is 4.23. The van der Waals surface area contributed by atoms with Crippen LogP contribution < -0.4 is 5.32 Å². The van der Waals surface area contributed by atoms with Gasteiger partial charge in [-0.05, 0) is 32.2 Å². The molecule has 14 heavy (non-hydrogen) atoms. The first-order valence-corrected chi connectivity index (χ1v) is 6.26. The topological polar surface area (TPSA) is 21.3 Å². The Bertz CT molecular complexity index is 123. The van der Waals surface area contributed by atoms with Gasteiger partial charge in [-0.1, -0.05) is 26.2 Å². The Balaban J connectivity index is 1.67. The highest BCUT2D eigenvalue weighted by Gasteiger charge is 2.16. The van der Waals surface area contributed by atoms with Crippen LogP contribution in [0, 0.1) is 0 Å². The Morgan fingerprint density at radius 3 is 2.64 bits per heavy atom. The molecule has 2 heteroatoms. The number of ether oxygens (including phenoxy) is 1. The third-order valence-corrected chi connectivity index (χ3v) is 2.89. The monoisotopic (exact) mass is 199 g/mol. The Morgan fingerprint density at radius 2 is 2.00 bits per heavy atom. The summed E-state index contributed by atoms with van der Waals surface area (Å²) in [6.45, 7) is 5.34. The highest BCUT2D eigenvalue weighted by atomic mass is 16.5. The van der Waals surface area contributed by atoms with Crippen LogP contribution in [0.15, 0.2) is 0 Å². The summed E-state index contributed by atoms with van der Waals surface area (Å²) >= 11 is 0. The van der Waals surface area contributed by atoms with E-state index in [1.165, 1.54) is 44.9 Å². The minimum atomic E-state index is 0.594. The molecule has 0 unspecified atom stereocenters. The van der Waals surface area contributed by atoms with Gasteiger partial charge in [-0.25, -0.2) is 0 Å². The van der Waals surface area contributed by atoms with Crippen LogP contribution in [0.4, 0.5) is 0 Å². The Kier molecular flexibility index (Phi) is 7.06. The van der Waals surface area contributed by atoms with Crippen LogP contribution in [0.2, 0.25) is 0 Å². The van der Waals surface area contributed by atoms with Crippen molar-refractivity contribution in [3.8, 4) is 0 Å². The molecule has 0 radical (unpaired) electrons. The molecule has 0 amide bonds. The summed E-state index contributed by atoms with van der Waals surface area (Å²) < 4.78 is 5.64. The second kappa shape index (κ2) is 8.25. The van der Waals surface area contributed by atoms with Crippen molar-refractivity contribution in [3.05, 3.63) is 0 Å². The summed E-state index contributed by atoms with van der Waals surface area (Å²) in [6, 6.07) is 0. The maximum absolute atomic E-state index is 5.64. The molecule has 84 valence electrons. The lowest BCUT2D eigenvalue weighted by Gasteiger charge is -2.25. The fourth-order valence-electron chi connectivity index (χ4n) is 1.64. The molecule has 1 rings (SSSR count). The van der Waals surface area contributed by atoms with E-state index in [0.29, 0.717) is 6.10 Å². The van der Waals surface area contributed by atoms with E-state index in [1.807, 2.05) is 0 Å². The van der Waals surface area contributed by atoms with Crippen molar-refractivity contribution in [3.63, 3.8) is 0 Å². The largest absolute Gasteiger partial charge is 0.377 e. The molecule has 1 N–H and O–H groups in total. The van der Waals surface area contributed by atoms with Gasteiger partial charge >= 0.3 is 0 Å². The first-order valence-electron chi connectivity index (χ1n) is 6.26. The fraction of sp³-hybridized carbons (Fsp3) is 1.00. The zero-order valence-corrected chi connectivity index (χ0v) is 9.56. The Labute approximate surface area is 88.4 Å². The molecule has 2 nitrogen and oxygen atoms in total. The average Bonchev–Trinajstić information content (AvgIpc) is 2.13. The summed E-state index contributed by atoms with van der Waals surface area (Å²) in [5.74, 6) is 0. The third kappa shape index (κ3) is 5.61. The molecule has 1 aliphatic rings. The lowest BCUT2D eigenvalue weighted by Crippen LogP contribution is -2.27. The summed E-state index contributed by atoms with van der Waals surface area (Å²) in [7, 11) is 0. The number of hydrogen-bond donors (Lipinski definition) is 1. The molecule has 0 atom stereocenters. The molecule has 0 aromatic heterocycles. The van der Waals surface area contributed by atoms with E-state index in [9.17, 15) is 0 Å². The molecular weight excluding hydrogens is 174 g/mol. The summed E-state index contributed by atoms with van der Waals surface area (Å²) in [4.78, 5) is 0. The lowest BCUT2D eigenvalue weighted by molar-refractivity contribution is 0.00432. The first kappa shape index (κ1) is 12.0. The number of rotatable bonds is 9. The van der Waals surface area contributed by atoms with Crippen LogP contribution >= 0.6 is 0 Å². The van der Waals surface area contributed by atoms with Gasteiger partial charge in [0.2, 0.25) is 0 Å². The van der Waals surface area contributed by atoms with E-state index < -0.39 is 0 Å². The predicted molar refractivity (Wildman–Crippen MR) is 60.6 cm³/mol. The van der Waals surface area contributed by atoms with E-state index in [4.69, 9.17) is 4.74 Å². The van der Waals surface area contributed by atoms with Crippen molar-refractivity contribution in [2.75, 3.05) is 19.7 Å². The molecule has 1 aliphatic carbocycles. The first-order chi connectivity index (χ1) is 6.93. The van der Waals surface area contributed by atoms with E-state index in [1.54, 1.807) is 0 Å². The van der Waals surface area contributed by atoms with Crippen LogP contribution in [0.3, 0.4) is 0 Å². The smallest absolute Gasteiger partial charge is 0.0594 e. The van der Waals surface area contributed by atoms with Crippen molar-refractivity contribution < 1.29 is 4.74 Å². The lowest BCUT2D eigenvalue weighted by atomic mass is 9.96. The fourth-order valence-corrected chi connectivity index (χ4v) is 1.64. The zero-order valence-electron chi connectivity index (χ0n) is 9.56. The SMILES string of the molecule is CCCCCCNCCOC1CCC1. The molecule has 1 fully saturated rings. The van der Waals surface area contributed by atoms with Crippen LogP contribution in [0.25, 0.3) is 0 Å². The summed E-state index contributed by atoms with van der Waals surface area (Å²) in [6.07, 6.45) is 9.93. The van der Waals surface area contributed by atoms with Gasteiger partial charge in [-0.2, -0.15) is 0 Å². The van der Waals surface area contributed by atoms with Crippen LogP contribution in [0.5, 0.6) is 0 Å². The average molecular weight is 199 g/mol. The molecule has 0 aliphatic heterocycles. The molecule has 0 aromatic carbocycles. The van der Waals surface area contributed by atoms with Crippen molar-refractivity contribution in [1.82, 2.24) is 5.32 Å². The van der Waals surface area contributed by atoms with Gasteiger partial charge in [0, 0.05) is 6.54 Å². The van der Waals surface area contributed by atoms with E-state index >= 15 is 0 Å². The number of hydrogen-bond acceptors (Lipinski definition) is 2. The van der Waals surface area contributed by atoms with Crippen LogP contribution in [-0.4, -0.2) is 25.8 Å². The van der Waals surface area contributed by atoms with E-state index in [2.05, 4.69) is 12.2 Å². The molecule has 0 saturated heterocycles. The van der Waals surface area contributed by atoms with Gasteiger partial charge in [0.05, 0.1) is 12.7 Å². The van der Waals surface area contributed by atoms with E-state index in [0.717, 1.165) is 19.7 Å². The zero-order chi connectivity index (χ0) is 10.1. The molecule has 0 bridgehead atoms. The molecule has 0 heterocycles. The number of nitrogens with one attached hydrogen (secondary N) is 1. The van der Waals surface area contributed by atoms with Crippen LogP contribution in [-0.2, 0) is 4.74 Å². The Morgan fingerprint density at radius 1 is 1.14 bits per heavy atom. The van der Waals surface area contributed by atoms with Crippen molar-refractivity contribution in [2.45, 2.75) is 58.0 Å². The van der Waals surface area contributed by atoms with Crippen molar-refractivity contribution >= 4 is 0 Å². The minimum Gasteiger partial charge on any atom is -0.377 e. The molecule has 0 spiro atoms. The van der Waals surface area contributed by atoms with Crippen molar-refractivity contribution in [2.24, 2.45) is 0 Å². The van der Waals surface area contributed by atoms with Gasteiger partial charge in [-0.15, -0.1) is 0 Å². The maximum Gasteiger partial charge on any atom is 0.0594 e.